The number of imidazole rings is 1. The number of fused-ring (bicyclic) bond motifs is 1. The van der Waals surface area contributed by atoms with Gasteiger partial charge in [-0.15, -0.1) is 0 Å². The minimum Gasteiger partial charge on any atom is -0.460 e. The van der Waals surface area contributed by atoms with Gasteiger partial charge in [0.1, 0.15) is 5.52 Å². The van der Waals surface area contributed by atoms with Gasteiger partial charge in [0.05, 0.1) is 22.8 Å². The van der Waals surface area contributed by atoms with Crippen LogP contribution in [0.4, 0.5) is 5.69 Å². The van der Waals surface area contributed by atoms with Crippen LogP contribution in [-0.4, -0.2) is 22.1 Å². The topological polar surface area (TPSA) is 70.1 Å². The molecule has 90 valence electrons. The lowest BCUT2D eigenvalue weighted by atomic mass is 10.3. The van der Waals surface area contributed by atoms with Crippen molar-refractivity contribution in [3.8, 4) is 0 Å². The van der Waals surface area contributed by atoms with E-state index >= 15 is 0 Å². The number of hydrogen-bond acceptors (Lipinski definition) is 4. The Morgan fingerprint density at radius 1 is 1.59 bits per heavy atom. The first-order valence-electron chi connectivity index (χ1n) is 5.13. The number of rotatable bonds is 2. The van der Waals surface area contributed by atoms with Crippen molar-refractivity contribution in [2.45, 2.75) is 6.92 Å². The van der Waals surface area contributed by atoms with Crippen LogP contribution in [0.25, 0.3) is 11.0 Å². The van der Waals surface area contributed by atoms with Crippen molar-refractivity contribution in [2.24, 2.45) is 7.05 Å². The van der Waals surface area contributed by atoms with Crippen LogP contribution in [0.2, 0.25) is 5.02 Å². The van der Waals surface area contributed by atoms with Crippen molar-refractivity contribution in [3.05, 3.63) is 23.0 Å². The zero-order valence-corrected chi connectivity index (χ0v) is 10.3. The van der Waals surface area contributed by atoms with E-state index in [1.54, 1.807) is 30.7 Å². The van der Waals surface area contributed by atoms with Gasteiger partial charge in [0.15, 0.2) is 0 Å². The van der Waals surface area contributed by atoms with Gasteiger partial charge >= 0.3 is 5.97 Å². The van der Waals surface area contributed by atoms with E-state index < -0.39 is 5.97 Å². The number of esters is 1. The molecule has 2 aromatic rings. The Labute approximate surface area is 103 Å². The van der Waals surface area contributed by atoms with Gasteiger partial charge in [-0.2, -0.15) is 0 Å². The first kappa shape index (κ1) is 11.7. The number of nitrogens with two attached hydrogens (primary N) is 1. The molecular formula is C11H12ClN3O2. The van der Waals surface area contributed by atoms with Crippen molar-refractivity contribution < 1.29 is 9.53 Å². The van der Waals surface area contributed by atoms with Gasteiger partial charge in [0, 0.05) is 7.05 Å². The zero-order valence-electron chi connectivity index (χ0n) is 9.53. The number of carbonyl (C=O) groups excluding carboxylic acids is 1. The van der Waals surface area contributed by atoms with Gasteiger partial charge in [-0.3, -0.25) is 0 Å². The van der Waals surface area contributed by atoms with Crippen LogP contribution >= 0.6 is 11.6 Å². The van der Waals surface area contributed by atoms with E-state index in [9.17, 15) is 4.79 Å². The molecule has 6 heteroatoms. The molecule has 17 heavy (non-hydrogen) atoms. The van der Waals surface area contributed by atoms with E-state index in [0.29, 0.717) is 28.4 Å². The molecule has 0 aliphatic carbocycles. The standard InChI is InChI=1S/C11H12ClN3O2/c1-3-17-11(16)10-14-8-7(13)5-4-6(12)9(8)15(10)2/h4-5H,3,13H2,1-2H3. The van der Waals surface area contributed by atoms with Crippen LogP contribution in [0.5, 0.6) is 0 Å². The highest BCUT2D eigenvalue weighted by molar-refractivity contribution is 6.35. The third-order valence-corrected chi connectivity index (χ3v) is 2.77. The van der Waals surface area contributed by atoms with Gasteiger partial charge in [-0.25, -0.2) is 9.78 Å². The zero-order chi connectivity index (χ0) is 12.6. The van der Waals surface area contributed by atoms with E-state index in [1.165, 1.54) is 0 Å². The number of benzene rings is 1. The molecule has 0 saturated carbocycles. The highest BCUT2D eigenvalue weighted by Crippen LogP contribution is 2.28. The second-order valence-electron chi connectivity index (χ2n) is 3.55. The van der Waals surface area contributed by atoms with Gasteiger partial charge in [-0.05, 0) is 19.1 Å². The van der Waals surface area contributed by atoms with Crippen molar-refractivity contribution >= 4 is 34.3 Å². The van der Waals surface area contributed by atoms with E-state index in [4.69, 9.17) is 22.1 Å². The third kappa shape index (κ3) is 1.82. The summed E-state index contributed by atoms with van der Waals surface area (Å²) in [7, 11) is 1.70. The lowest BCUT2D eigenvalue weighted by molar-refractivity contribution is 0.0508. The predicted molar refractivity (Wildman–Crippen MR) is 66.1 cm³/mol. The summed E-state index contributed by atoms with van der Waals surface area (Å²) < 4.78 is 6.50. The van der Waals surface area contributed by atoms with E-state index in [0.717, 1.165) is 0 Å². The maximum atomic E-state index is 11.7. The van der Waals surface area contributed by atoms with Gasteiger partial charge in [0.2, 0.25) is 5.82 Å². The second-order valence-corrected chi connectivity index (χ2v) is 3.96. The molecule has 2 rings (SSSR count). The van der Waals surface area contributed by atoms with E-state index in [-0.39, 0.29) is 5.82 Å². The van der Waals surface area contributed by atoms with Crippen molar-refractivity contribution in [1.29, 1.82) is 0 Å². The minimum absolute atomic E-state index is 0.196. The summed E-state index contributed by atoms with van der Waals surface area (Å²) in [5.74, 6) is -0.289. The van der Waals surface area contributed by atoms with E-state index in [1.807, 2.05) is 0 Å². The molecule has 0 bridgehead atoms. The normalized spacial score (nSPS) is 10.8. The number of ether oxygens (including phenoxy) is 1. The first-order chi connectivity index (χ1) is 8.06. The fraction of sp³-hybridized carbons (Fsp3) is 0.273. The Hall–Kier alpha value is -1.75. The average molecular weight is 254 g/mol. The molecule has 0 fully saturated rings. The molecule has 0 aliphatic rings. The number of halogens is 1. The summed E-state index contributed by atoms with van der Waals surface area (Å²) in [4.78, 5) is 15.8. The SMILES string of the molecule is CCOC(=O)c1nc2c(N)ccc(Cl)c2n1C. The number of carbonyl (C=O) groups is 1. The second kappa shape index (κ2) is 4.25. The van der Waals surface area contributed by atoms with Crippen LogP contribution in [0.1, 0.15) is 17.5 Å². The molecule has 0 radical (unpaired) electrons. The summed E-state index contributed by atoms with van der Waals surface area (Å²) in [6, 6.07) is 3.34. The fourth-order valence-corrected chi connectivity index (χ4v) is 1.95. The summed E-state index contributed by atoms with van der Waals surface area (Å²) in [5, 5.41) is 0.500. The molecular weight excluding hydrogens is 242 g/mol. The number of nitrogen functional groups attached to an aromatic ring is 1. The Morgan fingerprint density at radius 3 is 2.88 bits per heavy atom. The number of anilines is 1. The van der Waals surface area contributed by atoms with Crippen LogP contribution in [0, 0.1) is 0 Å². The van der Waals surface area contributed by atoms with E-state index in [2.05, 4.69) is 4.98 Å². The van der Waals surface area contributed by atoms with Crippen LogP contribution < -0.4 is 5.73 Å². The molecule has 0 unspecified atom stereocenters. The summed E-state index contributed by atoms with van der Waals surface area (Å²) in [5.41, 5.74) is 7.43. The number of hydrogen-bond donors (Lipinski definition) is 1. The molecule has 5 nitrogen and oxygen atoms in total. The van der Waals surface area contributed by atoms with Gasteiger partial charge < -0.3 is 15.0 Å². The quantitative estimate of drug-likeness (QED) is 0.656. The molecule has 0 amide bonds. The van der Waals surface area contributed by atoms with Crippen LogP contribution in [0.15, 0.2) is 12.1 Å². The Morgan fingerprint density at radius 2 is 2.29 bits per heavy atom. The number of aryl methyl sites for hydroxylation is 1. The predicted octanol–water partition coefficient (Wildman–Crippen LogP) is 1.99. The van der Waals surface area contributed by atoms with Crippen LogP contribution in [-0.2, 0) is 11.8 Å². The first-order valence-corrected chi connectivity index (χ1v) is 5.51. The molecule has 1 aromatic heterocycles. The number of aromatic nitrogens is 2. The smallest absolute Gasteiger partial charge is 0.374 e. The molecule has 0 saturated heterocycles. The average Bonchev–Trinajstić information content (AvgIpc) is 2.63. The summed E-state index contributed by atoms with van der Waals surface area (Å²) >= 11 is 6.06. The summed E-state index contributed by atoms with van der Waals surface area (Å²) in [6.07, 6.45) is 0. The lowest BCUT2D eigenvalue weighted by Crippen LogP contribution is -2.11. The van der Waals surface area contributed by atoms with Crippen molar-refractivity contribution in [2.75, 3.05) is 12.3 Å². The molecule has 1 aromatic carbocycles. The molecule has 0 aliphatic heterocycles. The molecule has 0 spiro atoms. The highest BCUT2D eigenvalue weighted by Gasteiger charge is 2.19. The van der Waals surface area contributed by atoms with Crippen LogP contribution in [0.3, 0.4) is 0 Å². The van der Waals surface area contributed by atoms with Gasteiger partial charge in [-0.1, -0.05) is 11.6 Å². The largest absolute Gasteiger partial charge is 0.460 e. The molecule has 2 N–H and O–H groups in total. The maximum absolute atomic E-state index is 11.7. The minimum atomic E-state index is -0.485. The summed E-state index contributed by atoms with van der Waals surface area (Å²) in [6.45, 7) is 2.03. The Bertz CT molecular complexity index is 592. The number of nitrogens with zero attached hydrogens (tertiary/aromatic N) is 2. The maximum Gasteiger partial charge on any atom is 0.374 e. The lowest BCUT2D eigenvalue weighted by Gasteiger charge is -2.02. The molecule has 1 heterocycles. The Kier molecular flexibility index (Phi) is 2.93. The van der Waals surface area contributed by atoms with Crippen molar-refractivity contribution in [3.63, 3.8) is 0 Å². The van der Waals surface area contributed by atoms with Gasteiger partial charge in [0.25, 0.3) is 0 Å². The third-order valence-electron chi connectivity index (χ3n) is 2.46. The molecule has 0 atom stereocenters. The monoisotopic (exact) mass is 253 g/mol. The Balaban J connectivity index is 2.68. The highest BCUT2D eigenvalue weighted by atomic mass is 35.5. The fourth-order valence-electron chi connectivity index (χ4n) is 1.67. The van der Waals surface area contributed by atoms with Crippen molar-refractivity contribution in [1.82, 2.24) is 9.55 Å².